The van der Waals surface area contributed by atoms with Gasteiger partial charge in [-0.05, 0) is 37.1 Å². The highest BCUT2D eigenvalue weighted by Gasteiger charge is 2.26. The second-order valence-electron chi connectivity index (χ2n) is 6.16. The van der Waals surface area contributed by atoms with Crippen LogP contribution in [-0.4, -0.2) is 51.9 Å². The Morgan fingerprint density at radius 2 is 2.17 bits per heavy atom. The molecule has 3 rings (SSSR count). The molecule has 2 heterocycles. The molecule has 2 aromatic rings. The first-order chi connectivity index (χ1) is 11.7. The van der Waals surface area contributed by atoms with Gasteiger partial charge in [0.2, 0.25) is 0 Å². The summed E-state index contributed by atoms with van der Waals surface area (Å²) in [5.74, 6) is 0. The lowest BCUT2D eigenvalue weighted by atomic mass is 10.0. The third-order valence-electron chi connectivity index (χ3n) is 4.81. The number of likely N-dealkylation sites (tertiary alicyclic amines) is 1. The average Bonchev–Trinajstić information content (AvgIpc) is 3.04. The number of piperidine rings is 1. The Bertz CT molecular complexity index is 739. The van der Waals surface area contributed by atoms with Gasteiger partial charge in [-0.25, -0.2) is 0 Å². The van der Waals surface area contributed by atoms with Gasteiger partial charge >= 0.3 is 0 Å². The van der Waals surface area contributed by atoms with Gasteiger partial charge in [0.1, 0.15) is 0 Å². The van der Waals surface area contributed by atoms with E-state index >= 15 is 0 Å². The second-order valence-corrected chi connectivity index (χ2v) is 6.96. The van der Waals surface area contributed by atoms with Crippen LogP contribution in [0, 0.1) is 16.9 Å². The molecule has 1 aliphatic rings. The summed E-state index contributed by atoms with van der Waals surface area (Å²) < 4.78 is 0. The first kappa shape index (κ1) is 16.9. The monoisotopic (exact) mass is 341 g/mol. The zero-order valence-electron chi connectivity index (χ0n) is 14.0. The molecular weight excluding hydrogens is 318 g/mol. The van der Waals surface area contributed by atoms with Crippen molar-refractivity contribution in [3.8, 4) is 6.19 Å². The van der Waals surface area contributed by atoms with Gasteiger partial charge in [-0.15, -0.1) is 0 Å². The predicted molar refractivity (Wildman–Crippen MR) is 100 cm³/mol. The van der Waals surface area contributed by atoms with Crippen LogP contribution in [0.1, 0.15) is 18.4 Å². The molecule has 1 aliphatic heterocycles. The Morgan fingerprint density at radius 3 is 2.88 bits per heavy atom. The van der Waals surface area contributed by atoms with Crippen molar-refractivity contribution in [2.45, 2.75) is 25.3 Å². The smallest absolute Gasteiger partial charge is 0.186 e. The summed E-state index contributed by atoms with van der Waals surface area (Å²) in [4.78, 5) is 7.38. The van der Waals surface area contributed by atoms with E-state index < -0.39 is 0 Å². The normalized spacial score (nSPS) is 16.2. The number of benzene rings is 1. The second kappa shape index (κ2) is 7.73. The van der Waals surface area contributed by atoms with Gasteiger partial charge in [0, 0.05) is 42.8 Å². The molecule has 0 unspecified atom stereocenters. The highest BCUT2D eigenvalue weighted by molar-refractivity contribution is 8.13. The maximum Gasteiger partial charge on any atom is 0.186 e. The van der Waals surface area contributed by atoms with Crippen molar-refractivity contribution in [3.63, 3.8) is 0 Å². The molecule has 0 radical (unpaired) electrons. The first-order valence-corrected chi connectivity index (χ1v) is 9.54. The number of aromatic nitrogens is 1. The first-order valence-electron chi connectivity index (χ1n) is 8.31. The Kier molecular flexibility index (Phi) is 5.44. The molecule has 1 saturated heterocycles. The minimum Gasteiger partial charge on any atom is -0.361 e. The number of nitrogens with one attached hydrogen (secondary N) is 2. The van der Waals surface area contributed by atoms with E-state index in [9.17, 15) is 5.26 Å². The third kappa shape index (κ3) is 3.58. The van der Waals surface area contributed by atoms with Crippen LogP contribution in [0.3, 0.4) is 0 Å². The summed E-state index contributed by atoms with van der Waals surface area (Å²) in [5.41, 5.74) is 2.57. The van der Waals surface area contributed by atoms with Crippen LogP contribution in [0.5, 0.6) is 0 Å². The number of para-hydroxylation sites is 1. The van der Waals surface area contributed by atoms with Crippen LogP contribution in [0.25, 0.3) is 10.9 Å². The van der Waals surface area contributed by atoms with Crippen molar-refractivity contribution in [1.29, 1.82) is 10.7 Å². The van der Waals surface area contributed by atoms with Gasteiger partial charge in [-0.1, -0.05) is 30.0 Å². The maximum absolute atomic E-state index is 9.28. The molecule has 1 aromatic heterocycles. The van der Waals surface area contributed by atoms with E-state index in [-0.39, 0.29) is 6.04 Å². The quantitative estimate of drug-likeness (QED) is 0.388. The molecule has 1 fully saturated rings. The number of amidine groups is 1. The van der Waals surface area contributed by atoms with Crippen molar-refractivity contribution in [3.05, 3.63) is 36.0 Å². The summed E-state index contributed by atoms with van der Waals surface area (Å²) in [6.07, 6.45) is 9.08. The highest BCUT2D eigenvalue weighted by atomic mass is 32.2. The lowest BCUT2D eigenvalue weighted by Gasteiger charge is -2.35. The van der Waals surface area contributed by atoms with Gasteiger partial charge in [0.05, 0.1) is 0 Å². The van der Waals surface area contributed by atoms with Crippen molar-refractivity contribution in [2.75, 3.05) is 25.9 Å². The lowest BCUT2D eigenvalue weighted by Crippen LogP contribution is -2.44. The van der Waals surface area contributed by atoms with Crippen molar-refractivity contribution in [2.24, 2.45) is 0 Å². The molecule has 6 heteroatoms. The molecule has 0 aliphatic carbocycles. The average molecular weight is 341 g/mol. The largest absolute Gasteiger partial charge is 0.361 e. The Hall–Kier alpha value is -1.97. The van der Waals surface area contributed by atoms with Gasteiger partial charge < -0.3 is 9.88 Å². The number of thioether (sulfide) groups is 1. The number of nitrogens with zero attached hydrogens (tertiary/aromatic N) is 3. The summed E-state index contributed by atoms with van der Waals surface area (Å²) in [6, 6.07) is 8.61. The predicted octanol–water partition coefficient (Wildman–Crippen LogP) is 3.26. The molecule has 1 aromatic carbocycles. The van der Waals surface area contributed by atoms with E-state index in [0.29, 0.717) is 5.17 Å². The summed E-state index contributed by atoms with van der Waals surface area (Å²) >= 11 is 1.33. The van der Waals surface area contributed by atoms with Crippen LogP contribution in [0.2, 0.25) is 0 Å². The zero-order chi connectivity index (χ0) is 16.9. The fraction of sp³-hybridized carbons (Fsp3) is 0.444. The maximum atomic E-state index is 9.28. The van der Waals surface area contributed by atoms with E-state index in [1.54, 1.807) is 4.90 Å². The van der Waals surface area contributed by atoms with Crippen molar-refractivity contribution >= 4 is 27.8 Å². The van der Waals surface area contributed by atoms with Crippen LogP contribution < -0.4 is 0 Å². The number of hydrogen-bond acceptors (Lipinski definition) is 4. The van der Waals surface area contributed by atoms with Gasteiger partial charge in [-0.2, -0.15) is 5.26 Å². The molecule has 0 atom stereocenters. The molecule has 24 heavy (non-hydrogen) atoms. The van der Waals surface area contributed by atoms with Crippen molar-refractivity contribution < 1.29 is 0 Å². The Morgan fingerprint density at radius 1 is 1.42 bits per heavy atom. The summed E-state index contributed by atoms with van der Waals surface area (Å²) in [5, 5.41) is 18.8. The van der Waals surface area contributed by atoms with Crippen LogP contribution >= 0.6 is 11.8 Å². The fourth-order valence-corrected chi connectivity index (χ4v) is 3.80. The number of hydrogen-bond donors (Lipinski definition) is 2. The Labute approximate surface area is 147 Å². The SMILES string of the molecule is CSC(=N)N(C#N)C1CCN(CCc2c[nH]c3ccccc23)CC1. The molecule has 0 saturated carbocycles. The summed E-state index contributed by atoms with van der Waals surface area (Å²) in [6.45, 7) is 3.03. The molecular formula is C18H23N5S. The molecule has 5 nitrogen and oxygen atoms in total. The third-order valence-corrected chi connectivity index (χ3v) is 5.40. The van der Waals surface area contributed by atoms with Gasteiger partial charge in [-0.3, -0.25) is 10.3 Å². The highest BCUT2D eigenvalue weighted by Crippen LogP contribution is 2.21. The zero-order valence-corrected chi connectivity index (χ0v) is 14.8. The number of H-pyrrole nitrogens is 1. The van der Waals surface area contributed by atoms with E-state index in [1.807, 2.05) is 6.26 Å². The van der Waals surface area contributed by atoms with E-state index in [0.717, 1.165) is 38.9 Å². The van der Waals surface area contributed by atoms with Crippen LogP contribution in [0.4, 0.5) is 0 Å². The number of aromatic amines is 1. The molecule has 0 amide bonds. The van der Waals surface area contributed by atoms with Gasteiger partial charge in [0.25, 0.3) is 0 Å². The molecule has 0 bridgehead atoms. The molecule has 126 valence electrons. The van der Waals surface area contributed by atoms with E-state index in [2.05, 4.69) is 46.5 Å². The van der Waals surface area contributed by atoms with Crippen molar-refractivity contribution in [1.82, 2.24) is 14.8 Å². The number of fused-ring (bicyclic) bond motifs is 1. The lowest BCUT2D eigenvalue weighted by molar-refractivity contribution is 0.178. The van der Waals surface area contributed by atoms with E-state index in [1.165, 1.54) is 28.2 Å². The van der Waals surface area contributed by atoms with Crippen LogP contribution in [-0.2, 0) is 6.42 Å². The van der Waals surface area contributed by atoms with E-state index in [4.69, 9.17) is 5.41 Å². The standard InChI is InChI=1S/C18H23N5S/c1-24-18(20)23(13-19)15-7-10-22(11-8-15)9-6-14-12-21-17-5-3-2-4-16(14)17/h2-5,12,15,20-21H,6-11H2,1H3. The fourth-order valence-electron chi connectivity index (χ4n) is 3.41. The molecule has 2 N–H and O–H groups in total. The summed E-state index contributed by atoms with van der Waals surface area (Å²) in [7, 11) is 0. The number of nitriles is 1. The van der Waals surface area contributed by atoms with Crippen LogP contribution in [0.15, 0.2) is 30.5 Å². The topological polar surface area (TPSA) is 69.9 Å². The minimum atomic E-state index is 0.180. The number of rotatable bonds is 4. The van der Waals surface area contributed by atoms with Gasteiger partial charge in [0.15, 0.2) is 11.4 Å². The Balaban J connectivity index is 1.52. The molecule has 0 spiro atoms. The minimum absolute atomic E-state index is 0.180.